The molecular formula is C89H71N3O2S2. The number of fused-ring (bicyclic) bond motifs is 16. The first-order valence-corrected chi connectivity index (χ1v) is 35.6. The Hall–Kier alpha value is -10.6. The van der Waals surface area contributed by atoms with E-state index in [0.29, 0.717) is 16.2 Å². The minimum absolute atomic E-state index is 0.453. The van der Waals surface area contributed by atoms with Crippen molar-refractivity contribution in [3.63, 3.8) is 0 Å². The molecule has 0 saturated heterocycles. The molecule has 0 radical (unpaired) electrons. The van der Waals surface area contributed by atoms with Gasteiger partial charge in [0.2, 0.25) is 9.84 Å². The summed E-state index contributed by atoms with van der Waals surface area (Å²) in [6.07, 6.45) is 20.9. The highest BCUT2D eigenvalue weighted by atomic mass is 32.2. The fourth-order valence-corrected chi connectivity index (χ4v) is 16.9. The summed E-state index contributed by atoms with van der Waals surface area (Å²) in [5.74, 6) is 0. The van der Waals surface area contributed by atoms with Crippen molar-refractivity contribution in [1.82, 2.24) is 15.0 Å². The van der Waals surface area contributed by atoms with E-state index in [1.54, 1.807) is 35.4 Å². The number of rotatable bonds is 0. The van der Waals surface area contributed by atoms with Gasteiger partial charge in [0.05, 0.1) is 26.9 Å². The number of benzene rings is 11. The van der Waals surface area contributed by atoms with Gasteiger partial charge >= 0.3 is 0 Å². The van der Waals surface area contributed by atoms with Gasteiger partial charge in [-0.3, -0.25) is 15.0 Å². The summed E-state index contributed by atoms with van der Waals surface area (Å²) in [6.45, 7) is 0. The molecule has 466 valence electrons. The molecule has 0 spiro atoms. The van der Waals surface area contributed by atoms with Crippen LogP contribution in [0.2, 0.25) is 0 Å². The van der Waals surface area contributed by atoms with Crippen molar-refractivity contribution in [2.45, 2.75) is 83.8 Å². The van der Waals surface area contributed by atoms with Crippen LogP contribution < -0.4 is 0 Å². The summed E-state index contributed by atoms with van der Waals surface area (Å²) >= 11 is 1.88. The van der Waals surface area contributed by atoms with Crippen LogP contribution in [-0.2, 0) is 67.6 Å². The van der Waals surface area contributed by atoms with Gasteiger partial charge in [-0.25, -0.2) is 8.42 Å². The van der Waals surface area contributed by atoms with E-state index in [-0.39, 0.29) is 0 Å². The number of nitrogens with zero attached hydrogens (tertiary/aromatic N) is 3. The molecule has 0 fully saturated rings. The van der Waals surface area contributed by atoms with E-state index >= 15 is 0 Å². The molecule has 7 heteroatoms. The number of hydrogen-bond donors (Lipinski definition) is 0. The lowest BCUT2D eigenvalue weighted by Gasteiger charge is -2.19. The first kappa shape index (κ1) is 61.6. The Morgan fingerprint density at radius 2 is 0.635 bits per heavy atom. The van der Waals surface area contributed by atoms with Gasteiger partial charge in [0.25, 0.3) is 0 Å². The number of aryl methyl sites for hydroxylation is 2. The minimum Gasteiger partial charge on any atom is -0.256 e. The number of pyridine rings is 3. The third kappa shape index (κ3) is 13.4. The second-order valence-electron chi connectivity index (χ2n) is 25.2. The van der Waals surface area contributed by atoms with Crippen LogP contribution in [0.25, 0.3) is 50.3 Å². The zero-order valence-electron chi connectivity index (χ0n) is 53.5. The van der Waals surface area contributed by atoms with Gasteiger partial charge in [0.15, 0.2) is 0 Å². The van der Waals surface area contributed by atoms with Gasteiger partial charge in [-0.2, -0.15) is 0 Å². The summed E-state index contributed by atoms with van der Waals surface area (Å²) in [6, 6.07) is 96.5. The lowest BCUT2D eigenvalue weighted by molar-refractivity contribution is 0.591. The second kappa shape index (κ2) is 28.2. The zero-order chi connectivity index (χ0) is 64.6. The molecular weight excluding hydrogens is 1210 g/mol. The second-order valence-corrected chi connectivity index (χ2v) is 28.1. The Morgan fingerprint density at radius 3 is 1.15 bits per heavy atom. The first-order valence-electron chi connectivity index (χ1n) is 33.3. The van der Waals surface area contributed by atoms with E-state index < -0.39 is 9.84 Å². The van der Waals surface area contributed by atoms with Crippen LogP contribution in [0.1, 0.15) is 95.4 Å². The number of allylic oxidation sites excluding steroid dienone is 1. The van der Waals surface area contributed by atoms with Crippen molar-refractivity contribution in [2.75, 3.05) is 0 Å². The maximum absolute atomic E-state index is 12.3. The van der Waals surface area contributed by atoms with Crippen LogP contribution in [0, 0.1) is 0 Å². The monoisotopic (exact) mass is 1280 g/mol. The topological polar surface area (TPSA) is 72.8 Å². The summed E-state index contributed by atoms with van der Waals surface area (Å²) in [5, 5.41) is 5.48. The molecule has 96 heavy (non-hydrogen) atoms. The lowest BCUT2D eigenvalue weighted by Crippen LogP contribution is -2.14. The van der Waals surface area contributed by atoms with Crippen molar-refractivity contribution in [3.05, 3.63) is 393 Å². The average Bonchev–Trinajstić information content (AvgIpc) is 1.23. The van der Waals surface area contributed by atoms with Crippen molar-refractivity contribution < 1.29 is 8.42 Å². The minimum atomic E-state index is -3.30. The highest BCUT2D eigenvalue weighted by Crippen LogP contribution is 2.40. The van der Waals surface area contributed by atoms with Crippen molar-refractivity contribution in [1.29, 1.82) is 0 Å². The number of aromatic nitrogens is 3. The van der Waals surface area contributed by atoms with Gasteiger partial charge < -0.3 is 0 Å². The van der Waals surface area contributed by atoms with E-state index in [2.05, 4.69) is 239 Å². The maximum atomic E-state index is 12.3. The van der Waals surface area contributed by atoms with Crippen molar-refractivity contribution in [3.8, 4) is 22.6 Å². The molecule has 0 amide bonds. The Bertz CT molecular complexity index is 4780. The molecule has 7 aliphatic rings. The predicted octanol–water partition coefficient (Wildman–Crippen LogP) is 20.8. The molecule has 5 heterocycles. The average molecular weight is 1280 g/mol. The largest absolute Gasteiger partial charge is 0.256 e. The molecule has 0 atom stereocenters. The van der Waals surface area contributed by atoms with Crippen molar-refractivity contribution in [2.24, 2.45) is 0 Å². The molecule has 0 bridgehead atoms. The van der Waals surface area contributed by atoms with Crippen LogP contribution in [-0.4, -0.2) is 23.4 Å². The fraction of sp³-hybridized carbons (Fsp3) is 0.112. The Kier molecular flexibility index (Phi) is 18.1. The quantitative estimate of drug-likeness (QED) is 0.151. The summed E-state index contributed by atoms with van der Waals surface area (Å²) in [7, 11) is -3.30. The maximum Gasteiger partial charge on any atom is 0.207 e. The highest BCUT2D eigenvalue weighted by molar-refractivity contribution is 7.99. The first-order chi connectivity index (χ1) is 47.3. The molecule has 5 nitrogen and oxygen atoms in total. The summed E-state index contributed by atoms with van der Waals surface area (Å²) in [4.78, 5) is 16.8. The molecule has 14 aromatic rings. The Balaban J connectivity index is 0.0000000920. The van der Waals surface area contributed by atoms with E-state index in [1.165, 1.54) is 123 Å². The normalized spacial score (nSPS) is 13.7. The van der Waals surface area contributed by atoms with Crippen LogP contribution >= 0.6 is 11.8 Å². The van der Waals surface area contributed by atoms with Gasteiger partial charge in [0.1, 0.15) is 0 Å². The molecule has 11 aromatic carbocycles. The van der Waals surface area contributed by atoms with Crippen LogP contribution in [0.15, 0.2) is 323 Å². The number of hydrogen-bond acceptors (Lipinski definition) is 6. The molecule has 2 aliphatic heterocycles. The molecule has 3 aromatic heterocycles. The van der Waals surface area contributed by atoms with Crippen molar-refractivity contribution >= 4 is 49.2 Å². The van der Waals surface area contributed by atoms with Crippen LogP contribution in [0.5, 0.6) is 0 Å². The summed E-state index contributed by atoms with van der Waals surface area (Å²) < 4.78 is 24.6. The smallest absolute Gasteiger partial charge is 0.207 e. The molecule has 5 aliphatic carbocycles. The lowest BCUT2D eigenvalue weighted by atomic mass is 9.86. The van der Waals surface area contributed by atoms with E-state index in [0.717, 1.165) is 66.7 Å². The Morgan fingerprint density at radius 1 is 0.292 bits per heavy atom. The van der Waals surface area contributed by atoms with E-state index in [1.807, 2.05) is 72.8 Å². The number of sulfone groups is 1. The third-order valence-electron chi connectivity index (χ3n) is 19.0. The fourth-order valence-electron chi connectivity index (χ4n) is 14.1. The SMILES string of the molecule is C1=Cc2cc3ccccc3cc2C1.O=S1(=O)c2ccccc2Cc2ccccc21.c1ccc2c(c1)Cc1ccccc1C2.c1ccc2c(c1)Cc1ccccc1S2.c1ccc2c(c1)Cc1cccnc1-2.c1ccc2cc3c(cc2c1)CCC3.c1cnc2c(c1)Cc1cccnc1-2. The zero-order valence-corrected chi connectivity index (χ0v) is 55.1. The molecule has 0 unspecified atom stereocenters. The third-order valence-corrected chi connectivity index (χ3v) is 22.2. The van der Waals surface area contributed by atoms with Gasteiger partial charge in [0, 0.05) is 53.2 Å². The van der Waals surface area contributed by atoms with E-state index in [4.69, 9.17) is 0 Å². The van der Waals surface area contributed by atoms with Gasteiger partial charge in [-0.15, -0.1) is 0 Å². The highest BCUT2D eigenvalue weighted by Gasteiger charge is 2.28. The summed E-state index contributed by atoms with van der Waals surface area (Å²) in [5.41, 5.74) is 26.5. The molecule has 21 rings (SSSR count). The molecule has 0 N–H and O–H groups in total. The standard InChI is InChI=1S/C14H12.C13H10O2S.C13H10S.C13H12.C13H10.C12H9N.C11H8N2/c1-2-6-12-10-14-8-4-3-7-13(14)9-11(12)5-1;14-16(15)12-7-3-1-5-10(12)9-11-6-2-4-8-13(11)16;1-3-7-12-10(5-1)9-11-6-2-4-8-13(11)14-12;2*1-2-5-11-9-13-7-3-6-12(13)8-10(11)4-1;1-2-6-11-9(4-1)8-10-5-3-7-13-12(10)11;1-3-8-7-9-4-2-6-13-11(9)10(8)12-5-1/h1-8H,9-10H2;1-8H,9H2;1-8H,9H2;1-2,4-5,8-9H,3,6-7H2;1-6,8-9H,7H2;1-7H,8H2;1-6H,7H2. The Labute approximate surface area is 568 Å². The van der Waals surface area contributed by atoms with Crippen LogP contribution in [0.3, 0.4) is 0 Å². The van der Waals surface area contributed by atoms with Gasteiger partial charge in [-0.05, 0) is 204 Å². The van der Waals surface area contributed by atoms with Gasteiger partial charge in [-0.1, -0.05) is 254 Å². The molecule has 0 saturated carbocycles. The predicted molar refractivity (Wildman–Crippen MR) is 395 cm³/mol. The van der Waals surface area contributed by atoms with Crippen LogP contribution in [0.4, 0.5) is 0 Å². The van der Waals surface area contributed by atoms with E-state index in [9.17, 15) is 8.42 Å².